The highest BCUT2D eigenvalue weighted by Gasteiger charge is 2.60. The number of hydrogen-bond donors (Lipinski definition) is 0. The first-order valence-corrected chi connectivity index (χ1v) is 13.0. The predicted octanol–water partition coefficient (Wildman–Crippen LogP) is 9.44. The van der Waals surface area contributed by atoms with Crippen molar-refractivity contribution in [2.75, 3.05) is 0 Å². The van der Waals surface area contributed by atoms with Gasteiger partial charge in [0.2, 0.25) is 0 Å². The van der Waals surface area contributed by atoms with E-state index in [9.17, 15) is 35.1 Å². The van der Waals surface area contributed by atoms with Gasteiger partial charge in [-0.15, -0.1) is 0 Å². The Balaban J connectivity index is 1.37. The zero-order chi connectivity index (χ0) is 27.0. The van der Waals surface area contributed by atoms with Gasteiger partial charge >= 0.3 is 12.3 Å². The Kier molecular flexibility index (Phi) is 8.01. The van der Waals surface area contributed by atoms with Crippen LogP contribution in [0.15, 0.2) is 42.2 Å². The summed E-state index contributed by atoms with van der Waals surface area (Å²) in [5.74, 6) is 0.00587. The number of allylic oxidation sites excluding steroid dienone is 3. The minimum absolute atomic E-state index is 0.0269. The van der Waals surface area contributed by atoms with Gasteiger partial charge in [-0.3, -0.25) is 0 Å². The molecule has 9 heteroatoms. The van der Waals surface area contributed by atoms with Gasteiger partial charge in [0.25, 0.3) is 5.67 Å². The molecule has 2 atom stereocenters. The molecule has 1 nitrogen and oxygen atoms in total. The van der Waals surface area contributed by atoms with Crippen LogP contribution in [0, 0.1) is 23.6 Å². The van der Waals surface area contributed by atoms with Gasteiger partial charge in [0.05, 0.1) is 5.56 Å². The van der Waals surface area contributed by atoms with Crippen molar-refractivity contribution in [2.45, 2.75) is 94.8 Å². The molecule has 2 unspecified atom stereocenters. The van der Waals surface area contributed by atoms with Gasteiger partial charge in [0, 0.05) is 0 Å². The van der Waals surface area contributed by atoms with Crippen molar-refractivity contribution in [3.63, 3.8) is 0 Å². The fourth-order valence-electron chi connectivity index (χ4n) is 6.15. The Hall–Kier alpha value is -2.06. The van der Waals surface area contributed by atoms with Gasteiger partial charge < -0.3 is 4.74 Å². The van der Waals surface area contributed by atoms with Crippen LogP contribution < -0.4 is 0 Å². The van der Waals surface area contributed by atoms with Crippen LogP contribution in [-0.4, -0.2) is 18.0 Å². The Morgan fingerprint density at radius 2 is 1.51 bits per heavy atom. The fourth-order valence-corrected chi connectivity index (χ4v) is 6.15. The highest BCUT2D eigenvalue weighted by molar-refractivity contribution is 5.32. The summed E-state index contributed by atoms with van der Waals surface area (Å²) in [5.41, 5.74) is -4.87. The van der Waals surface area contributed by atoms with Crippen molar-refractivity contribution in [3.05, 3.63) is 59.1 Å². The predicted molar refractivity (Wildman–Crippen MR) is 124 cm³/mol. The quantitative estimate of drug-likeness (QED) is 0.329. The molecule has 3 aliphatic rings. The maximum absolute atomic E-state index is 14.8. The van der Waals surface area contributed by atoms with Crippen LogP contribution in [0.5, 0.6) is 0 Å². The molecule has 2 saturated carbocycles. The van der Waals surface area contributed by atoms with E-state index in [1.165, 1.54) is 38.2 Å². The van der Waals surface area contributed by atoms with E-state index in [4.69, 9.17) is 0 Å². The molecule has 0 heterocycles. The van der Waals surface area contributed by atoms with Crippen molar-refractivity contribution in [1.82, 2.24) is 0 Å². The lowest BCUT2D eigenvalue weighted by Crippen LogP contribution is -2.47. The highest BCUT2D eigenvalue weighted by atomic mass is 19.4. The van der Waals surface area contributed by atoms with E-state index >= 15 is 0 Å². The summed E-state index contributed by atoms with van der Waals surface area (Å²) in [6.07, 6.45) is -3.10. The van der Waals surface area contributed by atoms with Crippen molar-refractivity contribution < 1.29 is 39.9 Å². The standard InChI is InChI=1S/C28H32F8O/c1-2-17-3-5-18(6-4-17)19-7-9-20(10-8-19)21-11-12-23(24(29)15-21)27(32,33)37-22-13-14-26(31,25(30)16-22)28(34,35)36/h11-20,25H,2-10H2,1H3. The lowest BCUT2D eigenvalue weighted by Gasteiger charge is -2.38. The molecule has 0 aliphatic heterocycles. The molecule has 0 aromatic heterocycles. The molecule has 0 saturated heterocycles. The van der Waals surface area contributed by atoms with Gasteiger partial charge in [-0.1, -0.05) is 32.3 Å². The average molecular weight is 537 g/mol. The zero-order valence-electron chi connectivity index (χ0n) is 20.6. The third-order valence-corrected chi connectivity index (χ3v) is 8.57. The van der Waals surface area contributed by atoms with E-state index in [1.54, 1.807) is 0 Å². The van der Waals surface area contributed by atoms with Crippen molar-refractivity contribution >= 4 is 0 Å². The molecule has 2 fully saturated rings. The molecule has 0 bridgehead atoms. The van der Waals surface area contributed by atoms with Gasteiger partial charge in [-0.25, -0.2) is 13.2 Å². The van der Waals surface area contributed by atoms with Crippen LogP contribution in [0.3, 0.4) is 0 Å². The Morgan fingerprint density at radius 1 is 0.919 bits per heavy atom. The number of hydrogen-bond acceptors (Lipinski definition) is 1. The maximum Gasteiger partial charge on any atom is 0.429 e. The van der Waals surface area contributed by atoms with Gasteiger partial charge in [0.1, 0.15) is 11.6 Å². The number of rotatable bonds is 6. The summed E-state index contributed by atoms with van der Waals surface area (Å²) in [7, 11) is 0. The van der Waals surface area contributed by atoms with E-state index in [0.717, 1.165) is 49.7 Å². The molecule has 206 valence electrons. The second-order valence-corrected chi connectivity index (χ2v) is 10.7. The van der Waals surface area contributed by atoms with Crippen molar-refractivity contribution in [3.8, 4) is 0 Å². The smallest absolute Gasteiger partial charge is 0.429 e. The average Bonchev–Trinajstić information content (AvgIpc) is 2.85. The second kappa shape index (κ2) is 10.6. The number of ether oxygens (including phenoxy) is 1. The molecule has 1 aromatic rings. The fraction of sp³-hybridized carbons (Fsp3) is 0.643. The van der Waals surface area contributed by atoms with Gasteiger partial charge in [-0.2, -0.15) is 22.0 Å². The van der Waals surface area contributed by atoms with Gasteiger partial charge in [-0.05, 0) is 98.1 Å². The Morgan fingerprint density at radius 3 is 2.03 bits per heavy atom. The number of benzene rings is 1. The monoisotopic (exact) mass is 536 g/mol. The van der Waals surface area contributed by atoms with Crippen LogP contribution in [0.25, 0.3) is 0 Å². The molecule has 0 radical (unpaired) electrons. The second-order valence-electron chi connectivity index (χ2n) is 10.7. The first-order chi connectivity index (χ1) is 17.3. The van der Waals surface area contributed by atoms with Crippen LogP contribution in [0.1, 0.15) is 81.8 Å². The van der Waals surface area contributed by atoms with E-state index in [0.29, 0.717) is 11.5 Å². The largest absolute Gasteiger partial charge is 0.429 e. The van der Waals surface area contributed by atoms with Crippen LogP contribution >= 0.6 is 0 Å². The highest BCUT2D eigenvalue weighted by Crippen LogP contribution is 2.46. The molecule has 0 amide bonds. The number of alkyl halides is 7. The zero-order valence-corrected chi connectivity index (χ0v) is 20.6. The van der Waals surface area contributed by atoms with Crippen LogP contribution in [0.4, 0.5) is 35.1 Å². The molecule has 4 rings (SSSR count). The van der Waals surface area contributed by atoms with Crippen molar-refractivity contribution in [1.29, 1.82) is 0 Å². The van der Waals surface area contributed by atoms with Gasteiger partial charge in [0.15, 0.2) is 6.17 Å². The molecular formula is C28H32F8O. The van der Waals surface area contributed by atoms with E-state index in [1.807, 2.05) is 0 Å². The van der Waals surface area contributed by atoms with Crippen LogP contribution in [0.2, 0.25) is 0 Å². The molecule has 37 heavy (non-hydrogen) atoms. The number of halogens is 8. The normalized spacial score (nSPS) is 33.2. The summed E-state index contributed by atoms with van der Waals surface area (Å²) < 4.78 is 114. The minimum Gasteiger partial charge on any atom is -0.429 e. The summed E-state index contributed by atoms with van der Waals surface area (Å²) in [6.45, 7) is 2.24. The van der Waals surface area contributed by atoms with E-state index in [2.05, 4.69) is 11.7 Å². The molecule has 3 aliphatic carbocycles. The van der Waals surface area contributed by atoms with Crippen LogP contribution in [-0.2, 0) is 10.8 Å². The maximum atomic E-state index is 14.8. The summed E-state index contributed by atoms with van der Waals surface area (Å²) in [5, 5.41) is 0. The summed E-state index contributed by atoms with van der Waals surface area (Å²) in [6, 6.07) is 3.34. The molecule has 0 N–H and O–H groups in total. The first kappa shape index (κ1) is 28.0. The van der Waals surface area contributed by atoms with Crippen molar-refractivity contribution in [2.24, 2.45) is 17.8 Å². The lowest BCUT2D eigenvalue weighted by molar-refractivity contribution is -0.233. The molecular weight excluding hydrogens is 504 g/mol. The third kappa shape index (κ3) is 5.85. The van der Waals surface area contributed by atoms with E-state index in [-0.39, 0.29) is 24.1 Å². The summed E-state index contributed by atoms with van der Waals surface area (Å²) >= 11 is 0. The Labute approximate surface area is 212 Å². The minimum atomic E-state index is -5.58. The summed E-state index contributed by atoms with van der Waals surface area (Å²) in [4.78, 5) is 0. The Bertz CT molecular complexity index is 1000. The van der Waals surface area contributed by atoms with E-state index < -0.39 is 41.3 Å². The topological polar surface area (TPSA) is 9.23 Å². The lowest BCUT2D eigenvalue weighted by atomic mass is 9.68. The third-order valence-electron chi connectivity index (χ3n) is 8.57. The first-order valence-electron chi connectivity index (χ1n) is 13.0. The molecule has 1 aromatic carbocycles. The SMILES string of the molecule is CCC1CCC(C2CCC(c3ccc(C(F)(F)OC4=CC(F)C(F)(C(F)(F)F)C=C4)c(F)c3)CC2)CC1. The molecule has 0 spiro atoms.